The van der Waals surface area contributed by atoms with Gasteiger partial charge >= 0.3 is 0 Å². The number of fused-ring (bicyclic) bond motifs is 1. The summed E-state index contributed by atoms with van der Waals surface area (Å²) in [7, 11) is -2.70. The molecule has 0 spiro atoms. The van der Waals surface area contributed by atoms with Crippen LogP contribution in [0.4, 0.5) is 0 Å². The molecule has 1 aromatic heterocycles. The van der Waals surface area contributed by atoms with Gasteiger partial charge in [0, 0.05) is 16.5 Å². The van der Waals surface area contributed by atoms with Crippen LogP contribution < -0.4 is 5.14 Å². The van der Waals surface area contributed by atoms with Crippen LogP contribution in [0.3, 0.4) is 0 Å². The van der Waals surface area contributed by atoms with Crippen molar-refractivity contribution in [3.8, 4) is 0 Å². The third-order valence-electron chi connectivity index (χ3n) is 2.06. The summed E-state index contributed by atoms with van der Waals surface area (Å²) in [5.74, 6) is 3.42. The third-order valence-corrected chi connectivity index (χ3v) is 3.44. The summed E-state index contributed by atoms with van der Waals surface area (Å²) in [6.07, 6.45) is 1.62. The number of rotatable bonds is 1. The zero-order chi connectivity index (χ0) is 11.1. The lowest BCUT2D eigenvalue weighted by Gasteiger charge is -2.05. The molecule has 1 unspecified atom stereocenters. The first-order chi connectivity index (χ1) is 6.98. The van der Waals surface area contributed by atoms with Gasteiger partial charge in [0.25, 0.3) is 0 Å². The Hall–Kier alpha value is -1.10. The SMILES string of the molecule is C=S(N)(=O)c1ccc2nccc(Cl)c2c1. The van der Waals surface area contributed by atoms with Crippen molar-refractivity contribution in [3.63, 3.8) is 0 Å². The van der Waals surface area contributed by atoms with Crippen LogP contribution in [0, 0.1) is 0 Å². The quantitative estimate of drug-likeness (QED) is 0.774. The normalized spacial score (nSPS) is 15.1. The summed E-state index contributed by atoms with van der Waals surface area (Å²) in [5.41, 5.74) is 0.745. The van der Waals surface area contributed by atoms with E-state index in [-0.39, 0.29) is 0 Å². The summed E-state index contributed by atoms with van der Waals surface area (Å²) >= 11 is 5.99. The van der Waals surface area contributed by atoms with Gasteiger partial charge in [0.05, 0.1) is 20.2 Å². The lowest BCUT2D eigenvalue weighted by atomic mass is 10.2. The van der Waals surface area contributed by atoms with Crippen LogP contribution in [0.25, 0.3) is 10.9 Å². The van der Waals surface area contributed by atoms with Crippen LogP contribution in [0.2, 0.25) is 5.02 Å². The van der Waals surface area contributed by atoms with E-state index in [9.17, 15) is 4.21 Å². The van der Waals surface area contributed by atoms with Crippen molar-refractivity contribution >= 4 is 38.1 Å². The van der Waals surface area contributed by atoms with Gasteiger partial charge in [-0.15, -0.1) is 0 Å². The van der Waals surface area contributed by atoms with E-state index in [4.69, 9.17) is 16.7 Å². The van der Waals surface area contributed by atoms with Crippen molar-refractivity contribution < 1.29 is 4.21 Å². The zero-order valence-corrected chi connectivity index (χ0v) is 9.39. The van der Waals surface area contributed by atoms with Crippen molar-refractivity contribution in [3.05, 3.63) is 35.5 Å². The van der Waals surface area contributed by atoms with Gasteiger partial charge < -0.3 is 0 Å². The minimum atomic E-state index is -2.70. The first-order valence-electron chi connectivity index (χ1n) is 4.18. The maximum Gasteiger partial charge on any atom is 0.0717 e. The molecule has 0 aliphatic rings. The van der Waals surface area contributed by atoms with Crippen LogP contribution in [0.15, 0.2) is 35.4 Å². The van der Waals surface area contributed by atoms with Crippen molar-refractivity contribution in [2.75, 3.05) is 0 Å². The minimum absolute atomic E-state index is 0.477. The highest BCUT2D eigenvalue weighted by molar-refractivity contribution is 7.98. The molecule has 2 rings (SSSR count). The molecule has 0 aliphatic carbocycles. The van der Waals surface area contributed by atoms with E-state index >= 15 is 0 Å². The molecule has 0 radical (unpaired) electrons. The van der Waals surface area contributed by atoms with Gasteiger partial charge in [0.15, 0.2) is 0 Å². The Morgan fingerprint density at radius 2 is 2.13 bits per heavy atom. The molecule has 15 heavy (non-hydrogen) atoms. The average molecular weight is 241 g/mol. The fraction of sp³-hybridized carbons (Fsp3) is 0. The monoisotopic (exact) mass is 240 g/mol. The highest BCUT2D eigenvalue weighted by atomic mass is 35.5. The second kappa shape index (κ2) is 3.48. The van der Waals surface area contributed by atoms with E-state index < -0.39 is 9.71 Å². The highest BCUT2D eigenvalue weighted by Gasteiger charge is 2.05. The molecule has 0 fully saturated rings. The number of hydrogen-bond donors (Lipinski definition) is 1. The number of halogens is 1. The molecule has 1 heterocycles. The lowest BCUT2D eigenvalue weighted by molar-refractivity contribution is 0.682. The van der Waals surface area contributed by atoms with Crippen LogP contribution in [0.1, 0.15) is 0 Å². The molecule has 3 nitrogen and oxygen atoms in total. The Kier molecular flexibility index (Phi) is 2.42. The molecule has 0 saturated heterocycles. The van der Waals surface area contributed by atoms with E-state index in [1.54, 1.807) is 30.5 Å². The molecule has 0 aliphatic heterocycles. The molecular formula is C10H9ClN2OS. The summed E-state index contributed by atoms with van der Waals surface area (Å²) in [6, 6.07) is 6.73. The predicted molar refractivity (Wildman–Crippen MR) is 64.5 cm³/mol. The zero-order valence-electron chi connectivity index (χ0n) is 7.81. The molecule has 1 atom stereocenters. The molecule has 0 saturated carbocycles. The Balaban J connectivity index is 2.81. The van der Waals surface area contributed by atoms with Crippen LogP contribution >= 0.6 is 11.6 Å². The van der Waals surface area contributed by atoms with Gasteiger partial charge in [-0.05, 0) is 30.1 Å². The molecule has 2 aromatic rings. The Morgan fingerprint density at radius 1 is 1.40 bits per heavy atom. The second-order valence-corrected chi connectivity index (χ2v) is 5.53. The fourth-order valence-electron chi connectivity index (χ4n) is 1.31. The number of benzene rings is 1. The smallest absolute Gasteiger partial charge is 0.0717 e. The van der Waals surface area contributed by atoms with Crippen molar-refractivity contribution in [1.82, 2.24) is 4.98 Å². The third kappa shape index (κ3) is 1.97. The summed E-state index contributed by atoms with van der Waals surface area (Å²) < 4.78 is 11.5. The van der Waals surface area contributed by atoms with Crippen LogP contribution in [0.5, 0.6) is 0 Å². The number of nitrogens with zero attached hydrogens (tertiary/aromatic N) is 1. The van der Waals surface area contributed by atoms with Crippen molar-refractivity contribution in [1.29, 1.82) is 0 Å². The minimum Gasteiger partial charge on any atom is -0.256 e. The van der Waals surface area contributed by atoms with E-state index in [1.807, 2.05) is 0 Å². The maximum atomic E-state index is 11.5. The van der Waals surface area contributed by atoms with E-state index in [0.29, 0.717) is 9.92 Å². The van der Waals surface area contributed by atoms with Crippen molar-refractivity contribution in [2.24, 2.45) is 5.14 Å². The van der Waals surface area contributed by atoms with Crippen molar-refractivity contribution in [2.45, 2.75) is 4.90 Å². The molecule has 1 aromatic carbocycles. The van der Waals surface area contributed by atoms with Gasteiger partial charge in [-0.1, -0.05) is 11.6 Å². The van der Waals surface area contributed by atoms with Gasteiger partial charge in [-0.3, -0.25) is 10.1 Å². The van der Waals surface area contributed by atoms with E-state index in [1.165, 1.54) is 0 Å². The maximum absolute atomic E-state index is 11.5. The number of aromatic nitrogens is 1. The molecule has 2 N–H and O–H groups in total. The predicted octanol–water partition coefficient (Wildman–Crippen LogP) is 1.84. The Bertz CT molecular complexity index is 622. The first-order valence-corrected chi connectivity index (χ1v) is 6.34. The largest absolute Gasteiger partial charge is 0.256 e. The number of hydrogen-bond acceptors (Lipinski definition) is 2. The van der Waals surface area contributed by atoms with Gasteiger partial charge in [0.1, 0.15) is 0 Å². The number of pyridine rings is 1. The van der Waals surface area contributed by atoms with Crippen LogP contribution in [-0.4, -0.2) is 15.1 Å². The first kappa shape index (κ1) is 10.4. The molecule has 78 valence electrons. The average Bonchev–Trinajstić information content (AvgIpc) is 2.16. The standard InChI is InChI=1S/C10H9ClN2OS/c1-15(12,14)7-2-3-10-8(6-7)9(11)4-5-13-10/h2-6H,1H2,(H2,12,14). The van der Waals surface area contributed by atoms with Crippen LogP contribution in [-0.2, 0) is 9.71 Å². The second-order valence-electron chi connectivity index (χ2n) is 3.20. The van der Waals surface area contributed by atoms with E-state index in [2.05, 4.69) is 10.9 Å². The molecule has 5 heteroatoms. The molecular weight excluding hydrogens is 232 g/mol. The topological polar surface area (TPSA) is 56.0 Å². The fourth-order valence-corrected chi connectivity index (χ4v) is 2.13. The molecule has 0 amide bonds. The molecule has 0 bridgehead atoms. The lowest BCUT2D eigenvalue weighted by Crippen LogP contribution is -2.11. The summed E-state index contributed by atoms with van der Waals surface area (Å²) in [6.45, 7) is 0. The summed E-state index contributed by atoms with van der Waals surface area (Å²) in [5, 5.41) is 6.75. The van der Waals surface area contributed by atoms with Gasteiger partial charge in [-0.2, -0.15) is 0 Å². The number of nitrogens with two attached hydrogens (primary N) is 1. The van der Waals surface area contributed by atoms with Gasteiger partial charge in [0.2, 0.25) is 0 Å². The van der Waals surface area contributed by atoms with Gasteiger partial charge in [-0.25, -0.2) is 4.21 Å². The highest BCUT2D eigenvalue weighted by Crippen LogP contribution is 2.23. The Labute approximate surface area is 93.0 Å². The Morgan fingerprint density at radius 3 is 2.80 bits per heavy atom. The summed E-state index contributed by atoms with van der Waals surface area (Å²) in [4.78, 5) is 4.60. The van der Waals surface area contributed by atoms with E-state index in [0.717, 1.165) is 10.9 Å².